The lowest BCUT2D eigenvalue weighted by Gasteiger charge is -2.02. The second-order valence-corrected chi connectivity index (χ2v) is 2.03. The Morgan fingerprint density at radius 2 is 1.91 bits per heavy atom. The molecule has 0 unspecified atom stereocenters. The van der Waals surface area contributed by atoms with Crippen LogP contribution in [-0.2, 0) is 0 Å². The van der Waals surface area contributed by atoms with Gasteiger partial charge in [-0.15, -0.1) is 0 Å². The zero-order valence-corrected chi connectivity index (χ0v) is 7.22. The third-order valence-electron chi connectivity index (χ3n) is 1.35. The summed E-state index contributed by atoms with van der Waals surface area (Å²) in [6, 6.07) is 0. The maximum Gasteiger partial charge on any atom is 0.0404 e. The standard InChI is InChI=1S/C10H15N/c1-5-8-9(6-2)10(7-3)11-4/h5-8,11H,2-3H2,1,4H3/b8-5-,10-9+. The average Bonchev–Trinajstić information content (AvgIpc) is 2.05. The second kappa shape index (κ2) is 5.54. The first-order valence-corrected chi connectivity index (χ1v) is 3.59. The number of nitrogens with one attached hydrogen (secondary N) is 1. The largest absolute Gasteiger partial charge is 0.388 e. The highest BCUT2D eigenvalue weighted by Crippen LogP contribution is 2.04. The van der Waals surface area contributed by atoms with Crippen LogP contribution in [0.3, 0.4) is 0 Å². The molecule has 0 bridgehead atoms. The van der Waals surface area contributed by atoms with E-state index >= 15 is 0 Å². The fourth-order valence-corrected chi connectivity index (χ4v) is 0.812. The van der Waals surface area contributed by atoms with E-state index in [0.717, 1.165) is 11.3 Å². The minimum absolute atomic E-state index is 0.998. The van der Waals surface area contributed by atoms with Crippen molar-refractivity contribution in [1.29, 1.82) is 0 Å². The minimum Gasteiger partial charge on any atom is -0.388 e. The molecule has 0 fully saturated rings. The van der Waals surface area contributed by atoms with Crippen LogP contribution in [0.2, 0.25) is 0 Å². The van der Waals surface area contributed by atoms with Gasteiger partial charge in [-0.1, -0.05) is 31.4 Å². The molecule has 0 aliphatic rings. The van der Waals surface area contributed by atoms with Gasteiger partial charge >= 0.3 is 0 Å². The fraction of sp³-hybridized carbons (Fsp3) is 0.200. The van der Waals surface area contributed by atoms with Crippen LogP contribution in [0.15, 0.2) is 48.7 Å². The first kappa shape index (κ1) is 9.76. The van der Waals surface area contributed by atoms with Crippen molar-refractivity contribution in [3.05, 3.63) is 48.7 Å². The quantitative estimate of drug-likeness (QED) is 0.605. The predicted molar refractivity (Wildman–Crippen MR) is 51.3 cm³/mol. The van der Waals surface area contributed by atoms with Crippen molar-refractivity contribution in [2.45, 2.75) is 6.92 Å². The fourth-order valence-electron chi connectivity index (χ4n) is 0.812. The van der Waals surface area contributed by atoms with Crippen molar-refractivity contribution >= 4 is 0 Å². The van der Waals surface area contributed by atoms with Crippen LogP contribution < -0.4 is 5.32 Å². The van der Waals surface area contributed by atoms with E-state index in [1.807, 2.05) is 26.1 Å². The van der Waals surface area contributed by atoms with E-state index in [2.05, 4.69) is 18.5 Å². The maximum absolute atomic E-state index is 3.70. The highest BCUT2D eigenvalue weighted by atomic mass is 14.8. The summed E-state index contributed by atoms with van der Waals surface area (Å²) in [5, 5.41) is 3.03. The number of hydrogen-bond donors (Lipinski definition) is 1. The molecule has 0 atom stereocenters. The molecule has 0 saturated heterocycles. The summed E-state index contributed by atoms with van der Waals surface area (Å²) in [7, 11) is 1.87. The van der Waals surface area contributed by atoms with Gasteiger partial charge in [0, 0.05) is 12.7 Å². The lowest BCUT2D eigenvalue weighted by molar-refractivity contribution is 1.02. The van der Waals surface area contributed by atoms with E-state index in [1.54, 1.807) is 12.2 Å². The van der Waals surface area contributed by atoms with Gasteiger partial charge in [0.05, 0.1) is 0 Å². The Morgan fingerprint density at radius 3 is 2.18 bits per heavy atom. The normalized spacial score (nSPS) is 12.5. The molecule has 0 radical (unpaired) electrons. The monoisotopic (exact) mass is 149 g/mol. The topological polar surface area (TPSA) is 12.0 Å². The number of rotatable bonds is 4. The van der Waals surface area contributed by atoms with Gasteiger partial charge in [0.15, 0.2) is 0 Å². The molecule has 1 nitrogen and oxygen atoms in total. The molecule has 0 aliphatic heterocycles. The SMILES string of the molecule is C=CC(/C=C\C)=C(/C=C)NC. The summed E-state index contributed by atoms with van der Waals surface area (Å²) in [5.41, 5.74) is 2.06. The van der Waals surface area contributed by atoms with Crippen molar-refractivity contribution < 1.29 is 0 Å². The summed E-state index contributed by atoms with van der Waals surface area (Å²) in [5.74, 6) is 0. The van der Waals surface area contributed by atoms with Gasteiger partial charge in [-0.2, -0.15) is 0 Å². The third-order valence-corrected chi connectivity index (χ3v) is 1.35. The van der Waals surface area contributed by atoms with E-state index in [0.29, 0.717) is 0 Å². The van der Waals surface area contributed by atoms with Gasteiger partial charge in [0.25, 0.3) is 0 Å². The van der Waals surface area contributed by atoms with Crippen molar-refractivity contribution in [2.24, 2.45) is 0 Å². The maximum atomic E-state index is 3.70. The Bertz CT molecular complexity index is 197. The second-order valence-electron chi connectivity index (χ2n) is 2.03. The third kappa shape index (κ3) is 2.89. The van der Waals surface area contributed by atoms with E-state index in [9.17, 15) is 0 Å². The molecule has 11 heavy (non-hydrogen) atoms. The lowest BCUT2D eigenvalue weighted by Crippen LogP contribution is -2.04. The van der Waals surface area contributed by atoms with Crippen LogP contribution in [0.1, 0.15) is 6.92 Å². The van der Waals surface area contributed by atoms with Crippen molar-refractivity contribution in [3.63, 3.8) is 0 Å². The average molecular weight is 149 g/mol. The molecule has 0 amide bonds. The molecule has 1 heteroatoms. The van der Waals surface area contributed by atoms with Crippen LogP contribution in [-0.4, -0.2) is 7.05 Å². The molecule has 0 heterocycles. The zero-order chi connectivity index (χ0) is 8.69. The highest BCUT2D eigenvalue weighted by molar-refractivity contribution is 5.38. The molecule has 0 aromatic carbocycles. The molecule has 1 N–H and O–H groups in total. The Morgan fingerprint density at radius 1 is 1.27 bits per heavy atom. The van der Waals surface area contributed by atoms with Crippen LogP contribution in [0.25, 0.3) is 0 Å². The zero-order valence-electron chi connectivity index (χ0n) is 7.22. The summed E-state index contributed by atoms with van der Waals surface area (Å²) in [6.45, 7) is 9.35. The molecule has 60 valence electrons. The van der Waals surface area contributed by atoms with Gasteiger partial charge in [0.2, 0.25) is 0 Å². The Hall–Kier alpha value is -1.24. The Labute approximate surface area is 68.8 Å². The predicted octanol–water partition coefficient (Wildman–Crippen LogP) is 2.41. The molecule has 0 aromatic heterocycles. The van der Waals surface area contributed by atoms with E-state index in [4.69, 9.17) is 0 Å². The molecule has 0 spiro atoms. The molecule has 0 aliphatic carbocycles. The van der Waals surface area contributed by atoms with Gasteiger partial charge in [0.1, 0.15) is 0 Å². The van der Waals surface area contributed by atoms with E-state index in [1.165, 1.54) is 0 Å². The molecule has 0 saturated carbocycles. The molecule has 0 rings (SSSR count). The van der Waals surface area contributed by atoms with Crippen LogP contribution >= 0.6 is 0 Å². The van der Waals surface area contributed by atoms with Gasteiger partial charge in [-0.3, -0.25) is 0 Å². The first-order valence-electron chi connectivity index (χ1n) is 3.59. The van der Waals surface area contributed by atoms with Crippen LogP contribution in [0, 0.1) is 0 Å². The Balaban J connectivity index is 4.75. The highest BCUT2D eigenvalue weighted by Gasteiger charge is 1.91. The summed E-state index contributed by atoms with van der Waals surface area (Å²) >= 11 is 0. The van der Waals surface area contributed by atoms with Crippen molar-refractivity contribution in [2.75, 3.05) is 7.05 Å². The van der Waals surface area contributed by atoms with Crippen molar-refractivity contribution in [1.82, 2.24) is 5.32 Å². The Kier molecular flexibility index (Phi) is 4.91. The van der Waals surface area contributed by atoms with Crippen molar-refractivity contribution in [3.8, 4) is 0 Å². The van der Waals surface area contributed by atoms with Gasteiger partial charge in [-0.25, -0.2) is 0 Å². The number of hydrogen-bond acceptors (Lipinski definition) is 1. The van der Waals surface area contributed by atoms with Gasteiger partial charge < -0.3 is 5.32 Å². The summed E-state index contributed by atoms with van der Waals surface area (Å²) in [4.78, 5) is 0. The molecular weight excluding hydrogens is 134 g/mol. The number of allylic oxidation sites excluding steroid dienone is 5. The van der Waals surface area contributed by atoms with E-state index < -0.39 is 0 Å². The number of likely N-dealkylation sites (N-methyl/N-ethyl adjacent to an activating group) is 1. The molecule has 0 aromatic rings. The van der Waals surface area contributed by atoms with Crippen LogP contribution in [0.5, 0.6) is 0 Å². The summed E-state index contributed by atoms with van der Waals surface area (Å²) < 4.78 is 0. The van der Waals surface area contributed by atoms with Gasteiger partial charge in [-0.05, 0) is 18.6 Å². The van der Waals surface area contributed by atoms with Crippen LogP contribution in [0.4, 0.5) is 0 Å². The minimum atomic E-state index is 0.998. The first-order chi connectivity index (χ1) is 5.29. The molecular formula is C10H15N. The smallest absolute Gasteiger partial charge is 0.0404 e. The lowest BCUT2D eigenvalue weighted by atomic mass is 10.2. The summed E-state index contributed by atoms with van der Waals surface area (Å²) in [6.07, 6.45) is 7.53. The van der Waals surface area contributed by atoms with E-state index in [-0.39, 0.29) is 0 Å².